The molecule has 2 nitrogen and oxygen atoms in total. The second-order valence-electron chi connectivity index (χ2n) is 2.20. The number of rotatable bonds is 1. The van der Waals surface area contributed by atoms with Crippen LogP contribution in [0, 0.1) is 12.3 Å². The van der Waals surface area contributed by atoms with Crippen molar-refractivity contribution in [3.05, 3.63) is 34.3 Å². The summed E-state index contributed by atoms with van der Waals surface area (Å²) in [6.07, 6.45) is 5.12. The van der Waals surface area contributed by atoms with Gasteiger partial charge in [0.25, 0.3) is 0 Å². The third-order valence-electron chi connectivity index (χ3n) is 1.40. The van der Waals surface area contributed by atoms with Crippen molar-refractivity contribution in [3.63, 3.8) is 0 Å². The van der Waals surface area contributed by atoms with Crippen molar-refractivity contribution >= 4 is 17.5 Å². The molecule has 1 rings (SSSR count). The summed E-state index contributed by atoms with van der Waals surface area (Å²) in [6, 6.07) is 4.66. The van der Waals surface area contributed by atoms with E-state index in [-0.39, 0.29) is 10.6 Å². The zero-order valence-electron chi connectivity index (χ0n) is 6.17. The monoisotopic (exact) mass is 179 g/mol. The highest BCUT2D eigenvalue weighted by atomic mass is 35.5. The van der Waals surface area contributed by atoms with Crippen LogP contribution in [-0.4, -0.2) is 5.91 Å². The Morgan fingerprint density at radius 1 is 1.58 bits per heavy atom. The van der Waals surface area contributed by atoms with Gasteiger partial charge in [-0.3, -0.25) is 4.79 Å². The van der Waals surface area contributed by atoms with Gasteiger partial charge in [-0.15, -0.1) is 6.42 Å². The lowest BCUT2D eigenvalue weighted by molar-refractivity contribution is 0.100. The lowest BCUT2D eigenvalue weighted by atomic mass is 10.1. The van der Waals surface area contributed by atoms with Crippen LogP contribution in [0.15, 0.2) is 18.2 Å². The average Bonchev–Trinajstić information content (AvgIpc) is 2.03. The molecule has 0 aliphatic carbocycles. The molecule has 0 aliphatic rings. The number of hydrogen-bond donors (Lipinski definition) is 1. The first kappa shape index (κ1) is 8.63. The SMILES string of the molecule is C#Cc1ccc(C(N)=O)c(Cl)c1. The number of carbonyl (C=O) groups excluding carboxylic acids is 1. The molecule has 0 bridgehead atoms. The minimum absolute atomic E-state index is 0.288. The Bertz CT molecular complexity index is 365. The van der Waals surface area contributed by atoms with Crippen molar-refractivity contribution in [1.29, 1.82) is 0 Å². The van der Waals surface area contributed by atoms with Crippen molar-refractivity contribution in [1.82, 2.24) is 0 Å². The summed E-state index contributed by atoms with van der Waals surface area (Å²) in [5.41, 5.74) is 5.95. The molecule has 60 valence electrons. The van der Waals surface area contributed by atoms with Crippen LogP contribution in [0.3, 0.4) is 0 Å². The fourth-order valence-electron chi connectivity index (χ4n) is 0.805. The van der Waals surface area contributed by atoms with Gasteiger partial charge < -0.3 is 5.73 Å². The van der Waals surface area contributed by atoms with Crippen LogP contribution >= 0.6 is 11.6 Å². The fourth-order valence-corrected chi connectivity index (χ4v) is 1.08. The number of terminal acetylenes is 1. The van der Waals surface area contributed by atoms with Crippen LogP contribution < -0.4 is 5.73 Å². The van der Waals surface area contributed by atoms with Crippen molar-refractivity contribution in [2.24, 2.45) is 5.73 Å². The Morgan fingerprint density at radius 2 is 2.25 bits per heavy atom. The Hall–Kier alpha value is -1.46. The van der Waals surface area contributed by atoms with Crippen LogP contribution in [0.1, 0.15) is 15.9 Å². The van der Waals surface area contributed by atoms with Gasteiger partial charge in [-0.05, 0) is 18.2 Å². The minimum atomic E-state index is -0.552. The first-order valence-electron chi connectivity index (χ1n) is 3.21. The third kappa shape index (κ3) is 1.58. The zero-order chi connectivity index (χ0) is 9.14. The predicted octanol–water partition coefficient (Wildman–Crippen LogP) is 1.42. The van der Waals surface area contributed by atoms with Gasteiger partial charge in [0.05, 0.1) is 10.6 Å². The Kier molecular flexibility index (Phi) is 2.37. The van der Waals surface area contributed by atoms with Gasteiger partial charge in [0, 0.05) is 5.56 Å². The molecule has 1 amide bonds. The van der Waals surface area contributed by atoms with Gasteiger partial charge in [0.15, 0.2) is 0 Å². The molecule has 1 aromatic rings. The van der Waals surface area contributed by atoms with Crippen molar-refractivity contribution < 1.29 is 4.79 Å². The van der Waals surface area contributed by atoms with Crippen LogP contribution in [0.2, 0.25) is 5.02 Å². The van der Waals surface area contributed by atoms with E-state index in [1.807, 2.05) is 0 Å². The molecule has 1 aromatic carbocycles. The molecule has 0 saturated carbocycles. The lowest BCUT2D eigenvalue weighted by Crippen LogP contribution is -2.11. The van der Waals surface area contributed by atoms with E-state index < -0.39 is 5.91 Å². The lowest BCUT2D eigenvalue weighted by Gasteiger charge is -1.98. The average molecular weight is 180 g/mol. The zero-order valence-corrected chi connectivity index (χ0v) is 6.93. The Balaban J connectivity index is 3.23. The van der Waals surface area contributed by atoms with E-state index in [1.165, 1.54) is 12.1 Å². The second-order valence-corrected chi connectivity index (χ2v) is 2.61. The summed E-state index contributed by atoms with van der Waals surface area (Å²) in [6.45, 7) is 0. The van der Waals surface area contributed by atoms with Gasteiger partial charge in [0.1, 0.15) is 0 Å². The van der Waals surface area contributed by atoms with Crippen LogP contribution in [0.5, 0.6) is 0 Å². The molecule has 12 heavy (non-hydrogen) atoms. The van der Waals surface area contributed by atoms with Gasteiger partial charge in [-0.25, -0.2) is 0 Å². The summed E-state index contributed by atoms with van der Waals surface area (Å²) in [7, 11) is 0. The number of carbonyl (C=O) groups is 1. The topological polar surface area (TPSA) is 43.1 Å². The molecule has 0 atom stereocenters. The molecular formula is C9H6ClNO. The Morgan fingerprint density at radius 3 is 2.67 bits per heavy atom. The second kappa shape index (κ2) is 3.29. The van der Waals surface area contributed by atoms with E-state index in [2.05, 4.69) is 5.92 Å². The quantitative estimate of drug-likeness (QED) is 0.651. The summed E-state index contributed by atoms with van der Waals surface area (Å²) in [4.78, 5) is 10.7. The van der Waals surface area contributed by atoms with E-state index in [9.17, 15) is 4.79 Å². The molecule has 0 unspecified atom stereocenters. The normalized spacial score (nSPS) is 9.00. The number of primary amides is 1. The standard InChI is InChI=1S/C9H6ClNO/c1-2-6-3-4-7(9(11)12)8(10)5-6/h1,3-5H,(H2,11,12). The molecule has 0 heterocycles. The highest BCUT2D eigenvalue weighted by molar-refractivity contribution is 6.33. The maximum absolute atomic E-state index is 10.7. The molecule has 2 N–H and O–H groups in total. The van der Waals surface area contributed by atoms with Crippen LogP contribution in [-0.2, 0) is 0 Å². The van der Waals surface area contributed by atoms with Gasteiger partial charge in [0.2, 0.25) is 5.91 Å². The molecule has 0 aliphatic heterocycles. The summed E-state index contributed by atoms with van der Waals surface area (Å²) >= 11 is 5.71. The summed E-state index contributed by atoms with van der Waals surface area (Å²) < 4.78 is 0. The smallest absolute Gasteiger partial charge is 0.250 e. The number of nitrogens with two attached hydrogens (primary N) is 1. The Labute approximate surface area is 75.3 Å². The van der Waals surface area contributed by atoms with Gasteiger partial charge >= 0.3 is 0 Å². The number of amides is 1. The van der Waals surface area contributed by atoms with Crippen LogP contribution in [0.25, 0.3) is 0 Å². The highest BCUT2D eigenvalue weighted by Crippen LogP contribution is 2.16. The first-order valence-corrected chi connectivity index (χ1v) is 3.59. The molecule has 0 aromatic heterocycles. The minimum Gasteiger partial charge on any atom is -0.366 e. The number of hydrogen-bond acceptors (Lipinski definition) is 1. The molecule has 3 heteroatoms. The first-order chi connectivity index (χ1) is 5.65. The largest absolute Gasteiger partial charge is 0.366 e. The summed E-state index contributed by atoms with van der Waals surface area (Å²) in [5.74, 6) is 1.85. The number of halogens is 1. The molecular weight excluding hydrogens is 174 g/mol. The fraction of sp³-hybridized carbons (Fsp3) is 0. The van der Waals surface area contributed by atoms with E-state index in [1.54, 1.807) is 6.07 Å². The highest BCUT2D eigenvalue weighted by Gasteiger charge is 2.05. The molecule has 0 saturated heterocycles. The maximum atomic E-state index is 10.7. The van der Waals surface area contributed by atoms with Crippen molar-refractivity contribution in [2.75, 3.05) is 0 Å². The predicted molar refractivity (Wildman–Crippen MR) is 47.9 cm³/mol. The van der Waals surface area contributed by atoms with E-state index in [0.717, 1.165) is 0 Å². The number of benzene rings is 1. The van der Waals surface area contributed by atoms with Crippen LogP contribution in [0.4, 0.5) is 0 Å². The van der Waals surface area contributed by atoms with E-state index >= 15 is 0 Å². The summed E-state index contributed by atoms with van der Waals surface area (Å²) in [5, 5.41) is 0.290. The van der Waals surface area contributed by atoms with Crippen molar-refractivity contribution in [2.45, 2.75) is 0 Å². The third-order valence-corrected chi connectivity index (χ3v) is 1.71. The van der Waals surface area contributed by atoms with E-state index in [0.29, 0.717) is 5.56 Å². The van der Waals surface area contributed by atoms with Crippen molar-refractivity contribution in [3.8, 4) is 12.3 Å². The maximum Gasteiger partial charge on any atom is 0.250 e. The molecule has 0 radical (unpaired) electrons. The van der Waals surface area contributed by atoms with E-state index in [4.69, 9.17) is 23.8 Å². The van der Waals surface area contributed by atoms with Gasteiger partial charge in [-0.2, -0.15) is 0 Å². The molecule has 0 fully saturated rings. The molecule has 0 spiro atoms. The van der Waals surface area contributed by atoms with Gasteiger partial charge in [-0.1, -0.05) is 17.5 Å².